The van der Waals surface area contributed by atoms with Gasteiger partial charge in [0, 0.05) is 5.92 Å². The molecule has 163 valence electrons. The molecule has 0 amide bonds. The largest absolute Gasteiger partial charge is 0.0885 e. The first kappa shape index (κ1) is 24.4. The normalized spacial score (nSPS) is 11.5. The lowest BCUT2D eigenvalue weighted by Crippen LogP contribution is -2.02. The van der Waals surface area contributed by atoms with Crippen molar-refractivity contribution in [3.63, 3.8) is 0 Å². The topological polar surface area (TPSA) is 0 Å². The van der Waals surface area contributed by atoms with Gasteiger partial charge < -0.3 is 0 Å². The number of allylic oxidation sites excluding steroid dienone is 2. The van der Waals surface area contributed by atoms with E-state index in [-0.39, 0.29) is 0 Å². The molecular formula is C30H43. The molecule has 0 bridgehead atoms. The highest BCUT2D eigenvalue weighted by Crippen LogP contribution is 2.29. The second-order valence-corrected chi connectivity index (χ2v) is 8.54. The third kappa shape index (κ3) is 10.8. The van der Waals surface area contributed by atoms with Gasteiger partial charge in [0.05, 0.1) is 0 Å². The average Bonchev–Trinajstić information content (AvgIpc) is 2.80. The Hall–Kier alpha value is -1.82. The SMILES string of the molecule is CCCCCCCC/C=C\CCCCCCC[C](c1ccccc1)c1ccccc1. The second kappa shape index (κ2) is 16.9. The van der Waals surface area contributed by atoms with Crippen molar-refractivity contribution < 1.29 is 0 Å². The highest BCUT2D eigenvalue weighted by molar-refractivity contribution is 5.45. The summed E-state index contributed by atoms with van der Waals surface area (Å²) < 4.78 is 0. The van der Waals surface area contributed by atoms with Crippen LogP contribution in [0.2, 0.25) is 0 Å². The standard InChI is InChI=1S/C30H43/c1-2-3-4-5-6-7-8-9-10-11-12-13-14-15-22-27-30(28-23-18-16-19-24-28)29-25-20-17-21-26-29/h9-10,16-21,23-26H,2-8,11-15,22,27H2,1H3/b10-9-. The number of unbranched alkanes of at least 4 members (excludes halogenated alkanes) is 11. The van der Waals surface area contributed by atoms with Crippen molar-refractivity contribution in [3.05, 3.63) is 89.9 Å². The van der Waals surface area contributed by atoms with Crippen LogP contribution in [0, 0.1) is 5.92 Å². The first-order chi connectivity index (χ1) is 14.9. The van der Waals surface area contributed by atoms with Gasteiger partial charge in [-0.15, -0.1) is 0 Å². The molecule has 2 aromatic carbocycles. The van der Waals surface area contributed by atoms with Crippen LogP contribution in [0.1, 0.15) is 108 Å². The highest BCUT2D eigenvalue weighted by atomic mass is 14.2. The summed E-state index contributed by atoms with van der Waals surface area (Å²) in [4.78, 5) is 0. The minimum absolute atomic E-state index is 1.17. The molecule has 0 N–H and O–H groups in total. The van der Waals surface area contributed by atoms with Gasteiger partial charge in [-0.2, -0.15) is 0 Å². The third-order valence-electron chi connectivity index (χ3n) is 5.93. The molecule has 0 saturated heterocycles. The van der Waals surface area contributed by atoms with Gasteiger partial charge in [-0.3, -0.25) is 0 Å². The van der Waals surface area contributed by atoms with E-state index in [0.29, 0.717) is 0 Å². The third-order valence-corrected chi connectivity index (χ3v) is 5.93. The molecular weight excluding hydrogens is 360 g/mol. The van der Waals surface area contributed by atoms with Gasteiger partial charge in [0.2, 0.25) is 0 Å². The molecule has 30 heavy (non-hydrogen) atoms. The van der Waals surface area contributed by atoms with E-state index in [1.54, 1.807) is 0 Å². The molecule has 0 heteroatoms. The van der Waals surface area contributed by atoms with E-state index in [2.05, 4.69) is 79.7 Å². The first-order valence-electron chi connectivity index (χ1n) is 12.5. The molecule has 0 atom stereocenters. The Kier molecular flexibility index (Phi) is 13.8. The van der Waals surface area contributed by atoms with Crippen molar-refractivity contribution in [1.29, 1.82) is 0 Å². The van der Waals surface area contributed by atoms with E-state index in [1.165, 1.54) is 107 Å². The summed E-state index contributed by atoms with van der Waals surface area (Å²) >= 11 is 0. The molecule has 0 aliphatic carbocycles. The maximum Gasteiger partial charge on any atom is 0.0340 e. The minimum atomic E-state index is 1.17. The van der Waals surface area contributed by atoms with Crippen LogP contribution in [0.5, 0.6) is 0 Å². The molecule has 0 nitrogen and oxygen atoms in total. The Morgan fingerprint density at radius 2 is 0.967 bits per heavy atom. The maximum absolute atomic E-state index is 2.42. The number of benzene rings is 2. The fraction of sp³-hybridized carbons (Fsp3) is 0.500. The van der Waals surface area contributed by atoms with Gasteiger partial charge in [-0.25, -0.2) is 0 Å². The Balaban J connectivity index is 1.53. The van der Waals surface area contributed by atoms with Crippen LogP contribution in [-0.4, -0.2) is 0 Å². The molecule has 2 rings (SSSR count). The quantitative estimate of drug-likeness (QED) is 0.182. The lowest BCUT2D eigenvalue weighted by molar-refractivity contribution is 0.605. The lowest BCUT2D eigenvalue weighted by atomic mass is 9.87. The van der Waals surface area contributed by atoms with Crippen LogP contribution in [0.4, 0.5) is 0 Å². The Bertz CT molecular complexity index is 601. The molecule has 0 aliphatic rings. The summed E-state index contributed by atoms with van der Waals surface area (Å²) in [7, 11) is 0. The Morgan fingerprint density at radius 1 is 0.533 bits per heavy atom. The molecule has 1 radical (unpaired) electrons. The van der Waals surface area contributed by atoms with Gasteiger partial charge in [0.25, 0.3) is 0 Å². The molecule has 0 aromatic heterocycles. The van der Waals surface area contributed by atoms with Crippen LogP contribution < -0.4 is 0 Å². The van der Waals surface area contributed by atoms with Crippen LogP contribution in [0.25, 0.3) is 0 Å². The van der Waals surface area contributed by atoms with E-state index in [0.717, 1.165) is 0 Å². The van der Waals surface area contributed by atoms with Crippen molar-refractivity contribution >= 4 is 0 Å². The summed E-state index contributed by atoms with van der Waals surface area (Å²) in [5, 5.41) is 0. The Labute approximate surface area is 186 Å². The summed E-state index contributed by atoms with van der Waals surface area (Å²) in [6.07, 6.45) is 23.7. The van der Waals surface area contributed by atoms with Gasteiger partial charge in [0.1, 0.15) is 0 Å². The van der Waals surface area contributed by atoms with E-state index < -0.39 is 0 Å². The zero-order chi connectivity index (χ0) is 21.1. The summed E-state index contributed by atoms with van der Waals surface area (Å²) in [5.74, 6) is 1.49. The Morgan fingerprint density at radius 3 is 1.47 bits per heavy atom. The highest BCUT2D eigenvalue weighted by Gasteiger charge is 2.13. The molecule has 2 aromatic rings. The molecule has 0 unspecified atom stereocenters. The summed E-state index contributed by atoms with van der Waals surface area (Å²) in [5.41, 5.74) is 2.75. The minimum Gasteiger partial charge on any atom is -0.0885 e. The van der Waals surface area contributed by atoms with E-state index in [9.17, 15) is 0 Å². The zero-order valence-electron chi connectivity index (χ0n) is 19.3. The van der Waals surface area contributed by atoms with Crippen molar-refractivity contribution in [2.24, 2.45) is 0 Å². The van der Waals surface area contributed by atoms with Gasteiger partial charge in [0.15, 0.2) is 0 Å². The molecule has 0 fully saturated rings. The maximum atomic E-state index is 2.42. The van der Waals surface area contributed by atoms with E-state index >= 15 is 0 Å². The number of hydrogen-bond acceptors (Lipinski definition) is 0. The molecule has 0 aliphatic heterocycles. The average molecular weight is 404 g/mol. The van der Waals surface area contributed by atoms with Crippen molar-refractivity contribution in [1.82, 2.24) is 0 Å². The summed E-state index contributed by atoms with van der Waals surface area (Å²) in [6, 6.07) is 21.8. The fourth-order valence-corrected chi connectivity index (χ4v) is 4.11. The van der Waals surface area contributed by atoms with Crippen LogP contribution >= 0.6 is 0 Å². The molecule has 0 heterocycles. The van der Waals surface area contributed by atoms with Crippen LogP contribution in [-0.2, 0) is 0 Å². The predicted molar refractivity (Wildman–Crippen MR) is 134 cm³/mol. The second-order valence-electron chi connectivity index (χ2n) is 8.54. The van der Waals surface area contributed by atoms with E-state index in [4.69, 9.17) is 0 Å². The van der Waals surface area contributed by atoms with Gasteiger partial charge >= 0.3 is 0 Å². The zero-order valence-corrected chi connectivity index (χ0v) is 19.3. The van der Waals surface area contributed by atoms with Crippen LogP contribution in [0.15, 0.2) is 72.8 Å². The first-order valence-corrected chi connectivity index (χ1v) is 12.5. The van der Waals surface area contributed by atoms with Gasteiger partial charge in [-0.1, -0.05) is 138 Å². The van der Waals surface area contributed by atoms with E-state index in [1.807, 2.05) is 0 Å². The number of rotatable bonds is 17. The fourth-order valence-electron chi connectivity index (χ4n) is 4.11. The van der Waals surface area contributed by atoms with Crippen LogP contribution in [0.3, 0.4) is 0 Å². The number of hydrogen-bond donors (Lipinski definition) is 0. The van der Waals surface area contributed by atoms with Crippen molar-refractivity contribution in [2.45, 2.75) is 96.8 Å². The van der Waals surface area contributed by atoms with Gasteiger partial charge in [-0.05, 0) is 43.2 Å². The van der Waals surface area contributed by atoms with Crippen molar-refractivity contribution in [2.75, 3.05) is 0 Å². The van der Waals surface area contributed by atoms with Crippen molar-refractivity contribution in [3.8, 4) is 0 Å². The lowest BCUT2D eigenvalue weighted by Gasteiger charge is -2.17. The monoisotopic (exact) mass is 403 g/mol. The summed E-state index contributed by atoms with van der Waals surface area (Å²) in [6.45, 7) is 2.29. The smallest absolute Gasteiger partial charge is 0.0340 e. The molecule has 0 saturated carbocycles. The molecule has 0 spiro atoms. The predicted octanol–water partition coefficient (Wildman–Crippen LogP) is 9.69.